The molecule has 1 aliphatic heterocycles. The lowest BCUT2D eigenvalue weighted by Crippen LogP contribution is -2.34. The van der Waals surface area contributed by atoms with Gasteiger partial charge in [-0.3, -0.25) is 9.59 Å². The lowest BCUT2D eigenvalue weighted by atomic mass is 10.1. The van der Waals surface area contributed by atoms with E-state index in [0.29, 0.717) is 23.0 Å². The number of rotatable bonds is 4. The summed E-state index contributed by atoms with van der Waals surface area (Å²) in [5.74, 6) is -0.304. The van der Waals surface area contributed by atoms with Crippen LogP contribution < -0.4 is 10.9 Å². The SMILES string of the molecule is O=C(NC[C@@H]1CCCO1)c1nn(-c2ccccc2)c(=O)c2ccccc12. The highest BCUT2D eigenvalue weighted by Gasteiger charge is 2.20. The molecule has 0 radical (unpaired) electrons. The molecule has 3 aromatic rings. The Balaban J connectivity index is 1.76. The van der Waals surface area contributed by atoms with Crippen LogP contribution in [0.15, 0.2) is 59.4 Å². The molecule has 0 spiro atoms. The van der Waals surface area contributed by atoms with E-state index < -0.39 is 0 Å². The normalized spacial score (nSPS) is 16.7. The zero-order valence-electron chi connectivity index (χ0n) is 14.2. The number of benzene rings is 2. The summed E-state index contributed by atoms with van der Waals surface area (Å²) in [5.41, 5.74) is 0.612. The van der Waals surface area contributed by atoms with Gasteiger partial charge in [0.05, 0.1) is 17.2 Å². The van der Waals surface area contributed by atoms with Gasteiger partial charge in [-0.25, -0.2) is 0 Å². The molecule has 1 atom stereocenters. The molecule has 1 saturated heterocycles. The number of fused-ring (bicyclic) bond motifs is 1. The van der Waals surface area contributed by atoms with Crippen molar-refractivity contribution < 1.29 is 9.53 Å². The van der Waals surface area contributed by atoms with Crippen LogP contribution in [0, 0.1) is 0 Å². The minimum atomic E-state index is -0.304. The Kier molecular flexibility index (Phi) is 4.50. The van der Waals surface area contributed by atoms with E-state index in [1.165, 1.54) is 4.68 Å². The summed E-state index contributed by atoms with van der Waals surface area (Å²) in [4.78, 5) is 25.6. The maximum Gasteiger partial charge on any atom is 0.279 e. The van der Waals surface area contributed by atoms with Crippen molar-refractivity contribution in [2.24, 2.45) is 0 Å². The van der Waals surface area contributed by atoms with Crippen molar-refractivity contribution in [3.63, 3.8) is 0 Å². The van der Waals surface area contributed by atoms with Crippen LogP contribution in [0.1, 0.15) is 23.3 Å². The van der Waals surface area contributed by atoms with Crippen molar-refractivity contribution in [3.8, 4) is 5.69 Å². The van der Waals surface area contributed by atoms with Gasteiger partial charge in [-0.15, -0.1) is 0 Å². The van der Waals surface area contributed by atoms with E-state index in [1.807, 2.05) is 18.2 Å². The Labute approximate surface area is 150 Å². The fourth-order valence-electron chi connectivity index (χ4n) is 3.20. The highest BCUT2D eigenvalue weighted by Crippen LogP contribution is 2.16. The van der Waals surface area contributed by atoms with E-state index in [0.717, 1.165) is 19.4 Å². The minimum Gasteiger partial charge on any atom is -0.376 e. The van der Waals surface area contributed by atoms with Gasteiger partial charge in [-0.05, 0) is 31.0 Å². The number of hydrogen-bond acceptors (Lipinski definition) is 4. The van der Waals surface area contributed by atoms with Gasteiger partial charge >= 0.3 is 0 Å². The van der Waals surface area contributed by atoms with Crippen molar-refractivity contribution in [2.45, 2.75) is 18.9 Å². The third-order valence-electron chi connectivity index (χ3n) is 4.54. The van der Waals surface area contributed by atoms with E-state index in [1.54, 1.807) is 36.4 Å². The number of para-hydroxylation sites is 1. The molecule has 1 fully saturated rings. The van der Waals surface area contributed by atoms with Crippen LogP contribution >= 0.6 is 0 Å². The molecular weight excluding hydrogens is 330 g/mol. The molecule has 132 valence electrons. The standard InChI is InChI=1S/C20H19N3O3/c24-19(21-13-15-9-6-12-26-15)18-16-10-4-5-11-17(16)20(25)23(22-18)14-7-2-1-3-8-14/h1-5,7-8,10-11,15H,6,9,12-13H2,(H,21,24)/t15-/m0/s1. The first-order chi connectivity index (χ1) is 12.7. The number of carbonyl (C=O) groups is 1. The molecular formula is C20H19N3O3. The predicted octanol–water partition coefficient (Wildman–Crippen LogP) is 2.29. The maximum absolute atomic E-state index is 12.8. The highest BCUT2D eigenvalue weighted by atomic mass is 16.5. The van der Waals surface area contributed by atoms with Crippen molar-refractivity contribution in [2.75, 3.05) is 13.2 Å². The number of carbonyl (C=O) groups excluding carboxylic acids is 1. The number of aromatic nitrogens is 2. The molecule has 1 N–H and O–H groups in total. The Bertz CT molecular complexity index is 992. The monoisotopic (exact) mass is 349 g/mol. The van der Waals surface area contributed by atoms with Crippen molar-refractivity contribution in [3.05, 3.63) is 70.6 Å². The van der Waals surface area contributed by atoms with Crippen LogP contribution in [0.25, 0.3) is 16.5 Å². The molecule has 1 aliphatic rings. The van der Waals surface area contributed by atoms with Crippen LogP contribution in [-0.4, -0.2) is 34.9 Å². The van der Waals surface area contributed by atoms with Crippen LogP contribution in [-0.2, 0) is 4.74 Å². The van der Waals surface area contributed by atoms with Crippen molar-refractivity contribution in [1.82, 2.24) is 15.1 Å². The first-order valence-electron chi connectivity index (χ1n) is 8.71. The van der Waals surface area contributed by atoms with Gasteiger partial charge in [0.25, 0.3) is 11.5 Å². The van der Waals surface area contributed by atoms with E-state index in [-0.39, 0.29) is 23.3 Å². The van der Waals surface area contributed by atoms with E-state index in [4.69, 9.17) is 4.74 Å². The zero-order chi connectivity index (χ0) is 17.9. The Morgan fingerprint density at radius 2 is 1.85 bits per heavy atom. The van der Waals surface area contributed by atoms with Gasteiger partial charge in [0.1, 0.15) is 0 Å². The number of ether oxygens (including phenoxy) is 1. The van der Waals surface area contributed by atoms with Crippen LogP contribution in [0.2, 0.25) is 0 Å². The maximum atomic E-state index is 12.8. The zero-order valence-corrected chi connectivity index (χ0v) is 14.2. The van der Waals surface area contributed by atoms with Gasteiger partial charge in [-0.1, -0.05) is 36.4 Å². The van der Waals surface area contributed by atoms with E-state index in [9.17, 15) is 9.59 Å². The van der Waals surface area contributed by atoms with Gasteiger partial charge in [0.15, 0.2) is 5.69 Å². The summed E-state index contributed by atoms with van der Waals surface area (Å²) < 4.78 is 6.83. The molecule has 2 heterocycles. The largest absolute Gasteiger partial charge is 0.376 e. The number of hydrogen-bond donors (Lipinski definition) is 1. The molecule has 1 aromatic heterocycles. The lowest BCUT2D eigenvalue weighted by molar-refractivity contribution is 0.0854. The van der Waals surface area contributed by atoms with Crippen LogP contribution in [0.4, 0.5) is 0 Å². The Hall–Kier alpha value is -2.99. The number of nitrogens with zero attached hydrogens (tertiary/aromatic N) is 2. The molecule has 26 heavy (non-hydrogen) atoms. The van der Waals surface area contributed by atoms with Crippen LogP contribution in [0.3, 0.4) is 0 Å². The quantitative estimate of drug-likeness (QED) is 0.784. The van der Waals surface area contributed by atoms with Gasteiger partial charge < -0.3 is 10.1 Å². The minimum absolute atomic E-state index is 0.0465. The van der Waals surface area contributed by atoms with Crippen molar-refractivity contribution in [1.29, 1.82) is 0 Å². The summed E-state index contributed by atoms with van der Waals surface area (Å²) in [6, 6.07) is 16.2. The van der Waals surface area contributed by atoms with Crippen LogP contribution in [0.5, 0.6) is 0 Å². The second-order valence-corrected chi connectivity index (χ2v) is 6.29. The first-order valence-corrected chi connectivity index (χ1v) is 8.71. The molecule has 0 unspecified atom stereocenters. The summed E-state index contributed by atoms with van der Waals surface area (Å²) in [6.07, 6.45) is 2.00. The third kappa shape index (κ3) is 3.11. The van der Waals surface area contributed by atoms with E-state index in [2.05, 4.69) is 10.4 Å². The van der Waals surface area contributed by atoms with E-state index >= 15 is 0 Å². The molecule has 6 heteroatoms. The second kappa shape index (κ2) is 7.09. The highest BCUT2D eigenvalue weighted by molar-refractivity contribution is 6.04. The summed E-state index contributed by atoms with van der Waals surface area (Å²) in [6.45, 7) is 1.18. The molecule has 2 aromatic carbocycles. The average molecular weight is 349 g/mol. The van der Waals surface area contributed by atoms with Crippen molar-refractivity contribution >= 4 is 16.7 Å². The Morgan fingerprint density at radius 3 is 2.58 bits per heavy atom. The average Bonchev–Trinajstić information content (AvgIpc) is 3.21. The summed E-state index contributed by atoms with van der Waals surface area (Å²) >= 11 is 0. The number of nitrogens with one attached hydrogen (secondary N) is 1. The third-order valence-corrected chi connectivity index (χ3v) is 4.54. The summed E-state index contributed by atoms with van der Waals surface area (Å²) in [5, 5.41) is 8.27. The first kappa shape index (κ1) is 16.5. The Morgan fingerprint density at radius 1 is 1.12 bits per heavy atom. The predicted molar refractivity (Wildman–Crippen MR) is 98.6 cm³/mol. The lowest BCUT2D eigenvalue weighted by Gasteiger charge is -2.13. The molecule has 1 amide bonds. The number of amides is 1. The summed E-state index contributed by atoms with van der Waals surface area (Å²) in [7, 11) is 0. The molecule has 4 rings (SSSR count). The van der Waals surface area contributed by atoms with Gasteiger partial charge in [0.2, 0.25) is 0 Å². The molecule has 0 bridgehead atoms. The molecule has 6 nitrogen and oxygen atoms in total. The molecule has 0 saturated carbocycles. The molecule has 0 aliphatic carbocycles. The fourth-order valence-corrected chi connectivity index (χ4v) is 3.20. The smallest absolute Gasteiger partial charge is 0.279 e. The topological polar surface area (TPSA) is 73.2 Å². The van der Waals surface area contributed by atoms with Gasteiger partial charge in [0, 0.05) is 18.5 Å². The fraction of sp³-hybridized carbons (Fsp3) is 0.250. The van der Waals surface area contributed by atoms with Gasteiger partial charge in [-0.2, -0.15) is 9.78 Å². The second-order valence-electron chi connectivity index (χ2n) is 6.29.